The number of fused-ring (bicyclic) bond motifs is 1. The van der Waals surface area contributed by atoms with Gasteiger partial charge in [-0.1, -0.05) is 30.3 Å². The number of carbonyl (C=O) groups excluding carboxylic acids is 1. The molecular formula is C17H24N2O2. The molecule has 3 atom stereocenters. The van der Waals surface area contributed by atoms with Crippen molar-refractivity contribution < 1.29 is 9.90 Å². The smallest absolute Gasteiger partial charge is 0.315 e. The van der Waals surface area contributed by atoms with Crippen molar-refractivity contribution in [2.75, 3.05) is 0 Å². The highest BCUT2D eigenvalue weighted by Gasteiger charge is 2.31. The largest absolute Gasteiger partial charge is 0.390 e. The van der Waals surface area contributed by atoms with E-state index >= 15 is 0 Å². The summed E-state index contributed by atoms with van der Waals surface area (Å²) in [4.78, 5) is 12.0. The minimum absolute atomic E-state index is 0.110. The number of rotatable bonds is 6. The maximum atomic E-state index is 12.0. The number of aliphatic hydroxyl groups is 1. The summed E-state index contributed by atoms with van der Waals surface area (Å²) in [6.07, 6.45) is 4.82. The van der Waals surface area contributed by atoms with Gasteiger partial charge in [0.05, 0.1) is 12.1 Å². The average Bonchev–Trinajstić information content (AvgIpc) is 2.75. The van der Waals surface area contributed by atoms with Gasteiger partial charge in [0.25, 0.3) is 0 Å². The lowest BCUT2D eigenvalue weighted by Gasteiger charge is -2.20. The zero-order valence-electron chi connectivity index (χ0n) is 12.5. The molecule has 0 radical (unpaired) electrons. The molecule has 4 heteroatoms. The van der Waals surface area contributed by atoms with E-state index in [-0.39, 0.29) is 18.1 Å². The van der Waals surface area contributed by atoms with Crippen LogP contribution in [0.1, 0.15) is 43.4 Å². The van der Waals surface area contributed by atoms with E-state index in [0.29, 0.717) is 6.42 Å². The van der Waals surface area contributed by atoms with Crippen molar-refractivity contribution in [1.82, 2.24) is 10.6 Å². The molecule has 0 heterocycles. The molecule has 1 unspecified atom stereocenters. The van der Waals surface area contributed by atoms with Crippen molar-refractivity contribution in [3.05, 3.63) is 48.0 Å². The van der Waals surface area contributed by atoms with Gasteiger partial charge < -0.3 is 15.7 Å². The first-order valence-corrected chi connectivity index (χ1v) is 7.55. The highest BCUT2D eigenvalue weighted by Crippen LogP contribution is 2.31. The van der Waals surface area contributed by atoms with Crippen molar-refractivity contribution in [3.63, 3.8) is 0 Å². The maximum Gasteiger partial charge on any atom is 0.315 e. The van der Waals surface area contributed by atoms with Gasteiger partial charge in [0.15, 0.2) is 0 Å². The molecule has 0 aliphatic heterocycles. The normalized spacial score (nSPS) is 21.4. The van der Waals surface area contributed by atoms with E-state index < -0.39 is 6.10 Å². The molecule has 0 aromatic heterocycles. The molecule has 0 spiro atoms. The second-order valence-electron chi connectivity index (χ2n) is 5.69. The van der Waals surface area contributed by atoms with Gasteiger partial charge in [0.1, 0.15) is 0 Å². The van der Waals surface area contributed by atoms with Crippen LogP contribution in [-0.2, 0) is 6.42 Å². The van der Waals surface area contributed by atoms with Gasteiger partial charge in [-0.3, -0.25) is 0 Å². The van der Waals surface area contributed by atoms with Crippen LogP contribution in [0.25, 0.3) is 0 Å². The lowest BCUT2D eigenvalue weighted by atomic mass is 10.1. The Morgan fingerprint density at radius 2 is 2.29 bits per heavy atom. The van der Waals surface area contributed by atoms with E-state index in [2.05, 4.69) is 17.2 Å². The minimum atomic E-state index is -0.552. The summed E-state index contributed by atoms with van der Waals surface area (Å²) in [5.41, 5.74) is 2.12. The summed E-state index contributed by atoms with van der Waals surface area (Å²) in [6.45, 7) is 5.68. The van der Waals surface area contributed by atoms with Gasteiger partial charge in [-0.15, -0.1) is 6.58 Å². The Morgan fingerprint density at radius 1 is 1.52 bits per heavy atom. The molecule has 1 aliphatic rings. The number of carbonyl (C=O) groups is 1. The number of amides is 2. The Morgan fingerprint density at radius 3 is 3.05 bits per heavy atom. The van der Waals surface area contributed by atoms with Crippen molar-refractivity contribution >= 4 is 6.03 Å². The molecule has 0 bridgehead atoms. The van der Waals surface area contributed by atoms with Crippen LogP contribution < -0.4 is 10.6 Å². The number of aliphatic hydroxyl groups excluding tert-OH is 1. The predicted molar refractivity (Wildman–Crippen MR) is 84.1 cm³/mol. The molecular weight excluding hydrogens is 264 g/mol. The molecule has 3 N–H and O–H groups in total. The van der Waals surface area contributed by atoms with Gasteiger partial charge in [-0.2, -0.15) is 0 Å². The van der Waals surface area contributed by atoms with Crippen LogP contribution in [0.2, 0.25) is 0 Å². The van der Waals surface area contributed by atoms with Crippen LogP contribution in [0.15, 0.2) is 36.9 Å². The van der Waals surface area contributed by atoms with Gasteiger partial charge in [0.2, 0.25) is 0 Å². The Kier molecular flexibility index (Phi) is 5.39. The predicted octanol–water partition coefficient (Wildman–Crippen LogP) is 2.69. The van der Waals surface area contributed by atoms with E-state index in [9.17, 15) is 9.90 Å². The van der Waals surface area contributed by atoms with Gasteiger partial charge >= 0.3 is 6.03 Å². The Labute approximate surface area is 126 Å². The van der Waals surface area contributed by atoms with Crippen molar-refractivity contribution in [2.24, 2.45) is 0 Å². The molecule has 0 saturated carbocycles. The standard InChI is InChI=1S/C17H24N2O2/c1-3-4-5-8-12(2)18-17(21)19-16-14-10-7-6-9-13(14)11-15(16)20/h3,6-7,9-10,12,15-16,20H,1,4-5,8,11H2,2H3,(H2,18,19,21)/t12?,15-,16+/m0/s1. The maximum absolute atomic E-state index is 12.0. The highest BCUT2D eigenvalue weighted by atomic mass is 16.3. The van der Waals surface area contributed by atoms with Gasteiger partial charge in [0, 0.05) is 12.5 Å². The Bertz CT molecular complexity index is 501. The summed E-state index contributed by atoms with van der Waals surface area (Å²) in [5.74, 6) is 0. The third-order valence-corrected chi connectivity index (χ3v) is 3.91. The SMILES string of the molecule is C=CCCCC(C)NC(=O)N[C@@H]1c2ccccc2C[C@@H]1O. The third-order valence-electron chi connectivity index (χ3n) is 3.91. The molecule has 0 fully saturated rings. The van der Waals surface area contributed by atoms with E-state index in [0.717, 1.165) is 30.4 Å². The van der Waals surface area contributed by atoms with Crippen molar-refractivity contribution in [3.8, 4) is 0 Å². The molecule has 21 heavy (non-hydrogen) atoms. The quantitative estimate of drug-likeness (QED) is 0.557. The first kappa shape index (κ1) is 15.6. The first-order chi connectivity index (χ1) is 10.1. The van der Waals surface area contributed by atoms with E-state index in [4.69, 9.17) is 0 Å². The Balaban J connectivity index is 1.87. The van der Waals surface area contributed by atoms with Crippen LogP contribution in [0.4, 0.5) is 4.79 Å². The van der Waals surface area contributed by atoms with Crippen LogP contribution in [-0.4, -0.2) is 23.3 Å². The third kappa shape index (κ3) is 4.08. The van der Waals surface area contributed by atoms with Crippen LogP contribution in [0.3, 0.4) is 0 Å². The second-order valence-corrected chi connectivity index (χ2v) is 5.69. The highest BCUT2D eigenvalue weighted by molar-refractivity contribution is 5.75. The zero-order chi connectivity index (χ0) is 15.2. The number of allylic oxidation sites excluding steroid dienone is 1. The molecule has 1 aromatic rings. The number of nitrogens with one attached hydrogen (secondary N) is 2. The van der Waals surface area contributed by atoms with E-state index in [1.165, 1.54) is 0 Å². The van der Waals surface area contributed by atoms with Gasteiger partial charge in [-0.25, -0.2) is 4.79 Å². The number of hydrogen-bond donors (Lipinski definition) is 3. The number of urea groups is 1. The molecule has 4 nitrogen and oxygen atoms in total. The molecule has 1 aliphatic carbocycles. The van der Waals surface area contributed by atoms with Crippen LogP contribution in [0.5, 0.6) is 0 Å². The molecule has 2 amide bonds. The summed E-state index contributed by atoms with van der Waals surface area (Å²) >= 11 is 0. The summed E-state index contributed by atoms with van der Waals surface area (Å²) < 4.78 is 0. The fraction of sp³-hybridized carbons (Fsp3) is 0.471. The van der Waals surface area contributed by atoms with E-state index in [1.807, 2.05) is 37.3 Å². The second kappa shape index (κ2) is 7.27. The zero-order valence-corrected chi connectivity index (χ0v) is 12.5. The minimum Gasteiger partial charge on any atom is -0.390 e. The van der Waals surface area contributed by atoms with Crippen LogP contribution >= 0.6 is 0 Å². The molecule has 2 rings (SSSR count). The van der Waals surface area contributed by atoms with Crippen molar-refractivity contribution in [1.29, 1.82) is 0 Å². The first-order valence-electron chi connectivity index (χ1n) is 7.55. The topological polar surface area (TPSA) is 61.4 Å². The number of unbranched alkanes of at least 4 members (excludes halogenated alkanes) is 1. The summed E-state index contributed by atoms with van der Waals surface area (Å²) in [6, 6.07) is 7.42. The molecule has 0 saturated heterocycles. The van der Waals surface area contributed by atoms with Gasteiger partial charge in [-0.05, 0) is 37.3 Å². The molecule has 1 aromatic carbocycles. The fourth-order valence-corrected chi connectivity index (χ4v) is 2.80. The van der Waals surface area contributed by atoms with Crippen molar-refractivity contribution in [2.45, 2.75) is 50.8 Å². The van der Waals surface area contributed by atoms with Crippen LogP contribution in [0, 0.1) is 0 Å². The van der Waals surface area contributed by atoms with E-state index in [1.54, 1.807) is 0 Å². The monoisotopic (exact) mass is 288 g/mol. The summed E-state index contributed by atoms with van der Waals surface area (Å²) in [5, 5.41) is 15.9. The molecule has 114 valence electrons. The number of hydrogen-bond acceptors (Lipinski definition) is 2. The number of benzene rings is 1. The lowest BCUT2D eigenvalue weighted by molar-refractivity contribution is 0.142. The fourth-order valence-electron chi connectivity index (χ4n) is 2.80. The lowest BCUT2D eigenvalue weighted by Crippen LogP contribution is -2.44. The Hall–Kier alpha value is -1.81. The summed E-state index contributed by atoms with van der Waals surface area (Å²) in [7, 11) is 0. The average molecular weight is 288 g/mol.